The number of anilines is 1. The summed E-state index contributed by atoms with van der Waals surface area (Å²) in [4.78, 5) is 4.01. The lowest BCUT2D eigenvalue weighted by Gasteiger charge is -2.22. The molecule has 1 aromatic rings. The normalized spacial score (nSPS) is 17.6. The highest BCUT2D eigenvalue weighted by atomic mass is 79.9. The Balaban J connectivity index is 2.01. The number of aromatic nitrogens is 1. The van der Waals surface area contributed by atoms with Crippen molar-refractivity contribution < 1.29 is 8.42 Å². The Bertz CT molecular complexity index is 501. The molecule has 1 aromatic heterocycles. The van der Waals surface area contributed by atoms with Gasteiger partial charge in [-0.1, -0.05) is 0 Å². The van der Waals surface area contributed by atoms with Gasteiger partial charge in [0.15, 0.2) is 5.82 Å². The van der Waals surface area contributed by atoms with Gasteiger partial charge in [0.25, 0.3) is 0 Å². The number of hydrogen-bond donors (Lipinski definition) is 2. The molecule has 100 valence electrons. The van der Waals surface area contributed by atoms with Crippen molar-refractivity contribution in [2.75, 3.05) is 23.6 Å². The Hall–Kier alpha value is -0.660. The average molecular weight is 334 g/mol. The summed E-state index contributed by atoms with van der Waals surface area (Å²) >= 11 is 3.27. The zero-order valence-corrected chi connectivity index (χ0v) is 12.3. The lowest BCUT2D eigenvalue weighted by Crippen LogP contribution is -2.33. The van der Waals surface area contributed by atoms with E-state index in [0.717, 1.165) is 25.9 Å². The van der Waals surface area contributed by atoms with Gasteiger partial charge in [0, 0.05) is 6.20 Å². The van der Waals surface area contributed by atoms with Gasteiger partial charge in [0.1, 0.15) is 0 Å². The van der Waals surface area contributed by atoms with E-state index in [-0.39, 0.29) is 11.7 Å². The van der Waals surface area contributed by atoms with Crippen molar-refractivity contribution in [2.24, 2.45) is 5.92 Å². The van der Waals surface area contributed by atoms with Crippen molar-refractivity contribution >= 4 is 31.8 Å². The summed E-state index contributed by atoms with van der Waals surface area (Å²) in [6, 6.07) is 3.50. The Kier molecular flexibility index (Phi) is 4.58. The summed E-state index contributed by atoms with van der Waals surface area (Å²) in [5, 5.41) is 3.22. The van der Waals surface area contributed by atoms with Crippen molar-refractivity contribution in [3.63, 3.8) is 0 Å². The van der Waals surface area contributed by atoms with Crippen molar-refractivity contribution in [3.8, 4) is 0 Å². The minimum absolute atomic E-state index is 0.164. The number of sulfonamides is 1. The second kappa shape index (κ2) is 5.99. The Morgan fingerprint density at radius 3 is 2.83 bits per heavy atom. The van der Waals surface area contributed by atoms with Crippen molar-refractivity contribution in [2.45, 2.75) is 12.8 Å². The fourth-order valence-electron chi connectivity index (χ4n) is 2.01. The standard InChI is InChI=1S/C11H16BrN3O2S/c12-10-2-1-5-14-11(10)15-18(16,17)8-9-3-6-13-7-4-9/h1-2,5,9,13H,3-4,6-8H2,(H,14,15). The van der Waals surface area contributed by atoms with Gasteiger partial charge in [-0.15, -0.1) is 0 Å². The van der Waals surface area contributed by atoms with Crippen LogP contribution in [0.25, 0.3) is 0 Å². The number of nitrogens with zero attached hydrogens (tertiary/aromatic N) is 1. The maximum Gasteiger partial charge on any atom is 0.234 e. The zero-order chi connectivity index (χ0) is 13.0. The van der Waals surface area contributed by atoms with Crippen LogP contribution in [0.5, 0.6) is 0 Å². The molecule has 0 unspecified atom stereocenters. The van der Waals surface area contributed by atoms with E-state index in [1.54, 1.807) is 18.3 Å². The average Bonchev–Trinajstić information content (AvgIpc) is 2.32. The van der Waals surface area contributed by atoms with Crippen molar-refractivity contribution in [1.82, 2.24) is 10.3 Å². The number of piperidine rings is 1. The summed E-state index contributed by atoms with van der Waals surface area (Å²) in [5.41, 5.74) is 0. The van der Waals surface area contributed by atoms with E-state index in [1.165, 1.54) is 0 Å². The fourth-order valence-corrected chi connectivity index (χ4v) is 3.99. The van der Waals surface area contributed by atoms with Crippen LogP contribution >= 0.6 is 15.9 Å². The molecule has 0 aromatic carbocycles. The smallest absolute Gasteiger partial charge is 0.234 e. The van der Waals surface area contributed by atoms with E-state index in [9.17, 15) is 8.42 Å². The van der Waals surface area contributed by atoms with Crippen LogP contribution in [0.3, 0.4) is 0 Å². The predicted octanol–water partition coefficient (Wildman–Crippen LogP) is 1.59. The molecule has 1 saturated heterocycles. The minimum Gasteiger partial charge on any atom is -0.317 e. The van der Waals surface area contributed by atoms with Crippen LogP contribution in [0.4, 0.5) is 5.82 Å². The summed E-state index contributed by atoms with van der Waals surface area (Å²) < 4.78 is 27.2. The summed E-state index contributed by atoms with van der Waals surface area (Å²) in [6.07, 6.45) is 3.38. The molecule has 1 aliphatic heterocycles. The number of halogens is 1. The Morgan fingerprint density at radius 1 is 1.44 bits per heavy atom. The van der Waals surface area contributed by atoms with E-state index in [4.69, 9.17) is 0 Å². The van der Waals surface area contributed by atoms with Crippen molar-refractivity contribution in [1.29, 1.82) is 0 Å². The first-order chi connectivity index (χ1) is 8.57. The molecule has 0 atom stereocenters. The van der Waals surface area contributed by atoms with Crippen LogP contribution in [0.15, 0.2) is 22.8 Å². The number of pyridine rings is 1. The molecule has 2 rings (SSSR count). The first-order valence-electron chi connectivity index (χ1n) is 5.88. The molecule has 0 bridgehead atoms. The van der Waals surface area contributed by atoms with Crippen LogP contribution in [-0.4, -0.2) is 32.2 Å². The topological polar surface area (TPSA) is 71.1 Å². The van der Waals surface area contributed by atoms with E-state index in [0.29, 0.717) is 10.3 Å². The van der Waals surface area contributed by atoms with Gasteiger partial charge in [-0.3, -0.25) is 4.72 Å². The lowest BCUT2D eigenvalue weighted by molar-refractivity contribution is 0.402. The SMILES string of the molecule is O=S(=O)(CC1CCNCC1)Nc1ncccc1Br. The highest BCUT2D eigenvalue weighted by Crippen LogP contribution is 2.21. The molecule has 0 aliphatic carbocycles. The molecule has 0 saturated carbocycles. The molecule has 2 heterocycles. The zero-order valence-electron chi connectivity index (χ0n) is 9.89. The van der Waals surface area contributed by atoms with Gasteiger partial charge in [-0.2, -0.15) is 0 Å². The minimum atomic E-state index is -3.33. The van der Waals surface area contributed by atoms with E-state index < -0.39 is 10.0 Å². The highest BCUT2D eigenvalue weighted by molar-refractivity contribution is 9.10. The fraction of sp³-hybridized carbons (Fsp3) is 0.545. The molecule has 1 aliphatic rings. The van der Waals surface area contributed by atoms with Gasteiger partial charge in [-0.25, -0.2) is 13.4 Å². The van der Waals surface area contributed by atoms with Crippen molar-refractivity contribution in [3.05, 3.63) is 22.8 Å². The molecule has 0 amide bonds. The van der Waals surface area contributed by atoms with Gasteiger partial charge < -0.3 is 5.32 Å². The van der Waals surface area contributed by atoms with Gasteiger partial charge in [0.05, 0.1) is 10.2 Å². The number of nitrogens with one attached hydrogen (secondary N) is 2. The number of hydrogen-bond acceptors (Lipinski definition) is 4. The van der Waals surface area contributed by atoms with Crippen LogP contribution in [0.2, 0.25) is 0 Å². The molecular weight excluding hydrogens is 318 g/mol. The number of rotatable bonds is 4. The largest absolute Gasteiger partial charge is 0.317 e. The third-order valence-electron chi connectivity index (χ3n) is 2.92. The molecule has 7 heteroatoms. The predicted molar refractivity (Wildman–Crippen MR) is 74.9 cm³/mol. The lowest BCUT2D eigenvalue weighted by atomic mass is 10.0. The Morgan fingerprint density at radius 2 is 2.17 bits per heavy atom. The second-order valence-corrected chi connectivity index (χ2v) is 7.03. The third kappa shape index (κ3) is 3.93. The molecule has 5 nitrogen and oxygen atoms in total. The molecular formula is C11H16BrN3O2S. The Labute approximate surface area is 116 Å². The van der Waals surface area contributed by atoms with Gasteiger partial charge in [-0.05, 0) is 59.9 Å². The van der Waals surface area contributed by atoms with Gasteiger partial charge in [0.2, 0.25) is 10.0 Å². The van der Waals surface area contributed by atoms with Crippen LogP contribution in [0.1, 0.15) is 12.8 Å². The first kappa shape index (κ1) is 13.8. The molecule has 0 radical (unpaired) electrons. The molecule has 0 spiro atoms. The quantitative estimate of drug-likeness (QED) is 0.877. The monoisotopic (exact) mass is 333 g/mol. The van der Waals surface area contributed by atoms with E-state index >= 15 is 0 Å². The second-order valence-electron chi connectivity index (χ2n) is 4.41. The van der Waals surface area contributed by atoms with Crippen LogP contribution in [-0.2, 0) is 10.0 Å². The first-order valence-corrected chi connectivity index (χ1v) is 8.33. The summed E-state index contributed by atoms with van der Waals surface area (Å²) in [5.74, 6) is 0.746. The maximum absolute atomic E-state index is 12.0. The van der Waals surface area contributed by atoms with E-state index in [2.05, 4.69) is 31.0 Å². The maximum atomic E-state index is 12.0. The summed E-state index contributed by atoms with van der Waals surface area (Å²) in [7, 11) is -3.33. The molecule has 1 fully saturated rings. The highest BCUT2D eigenvalue weighted by Gasteiger charge is 2.21. The molecule has 2 N–H and O–H groups in total. The molecule has 18 heavy (non-hydrogen) atoms. The third-order valence-corrected chi connectivity index (χ3v) is 4.98. The van der Waals surface area contributed by atoms with Gasteiger partial charge >= 0.3 is 0 Å². The van der Waals surface area contributed by atoms with E-state index in [1.807, 2.05) is 0 Å². The summed E-state index contributed by atoms with van der Waals surface area (Å²) in [6.45, 7) is 1.79. The van der Waals surface area contributed by atoms with Crippen LogP contribution in [0, 0.1) is 5.92 Å². The van der Waals surface area contributed by atoms with Crippen LogP contribution < -0.4 is 10.0 Å².